The first-order valence-electron chi connectivity index (χ1n) is 7.55. The molecule has 5 heteroatoms. The van der Waals surface area contributed by atoms with E-state index in [1.54, 1.807) is 0 Å². The van der Waals surface area contributed by atoms with Gasteiger partial charge in [-0.15, -0.1) is 0 Å². The lowest BCUT2D eigenvalue weighted by atomic mass is 10.2. The largest absolute Gasteiger partial charge is 0.378 e. The molecule has 0 radical (unpaired) electrons. The number of benzene rings is 1. The Morgan fingerprint density at radius 3 is 2.81 bits per heavy atom. The van der Waals surface area contributed by atoms with Crippen molar-refractivity contribution in [3.63, 3.8) is 0 Å². The summed E-state index contributed by atoms with van der Waals surface area (Å²) >= 11 is 0. The van der Waals surface area contributed by atoms with Crippen LogP contribution in [-0.4, -0.2) is 36.1 Å². The Morgan fingerprint density at radius 1 is 1.19 bits per heavy atom. The van der Waals surface area contributed by atoms with Crippen LogP contribution in [0.25, 0.3) is 0 Å². The van der Waals surface area contributed by atoms with Gasteiger partial charge in [0.05, 0.1) is 36.8 Å². The molecular weight excluding hydrogens is 264 g/mol. The number of rotatable bonds is 5. The van der Waals surface area contributed by atoms with Crippen molar-refractivity contribution in [3.8, 4) is 0 Å². The maximum Gasteiger partial charge on any atom is 0.0642 e. The maximum atomic E-state index is 5.44. The van der Waals surface area contributed by atoms with Gasteiger partial charge < -0.3 is 15.0 Å². The van der Waals surface area contributed by atoms with Crippen LogP contribution in [0.4, 0.5) is 11.4 Å². The van der Waals surface area contributed by atoms with Gasteiger partial charge in [0.25, 0.3) is 0 Å². The molecule has 0 aliphatic carbocycles. The van der Waals surface area contributed by atoms with E-state index < -0.39 is 0 Å². The number of nitrogens with one attached hydrogen (secondary N) is 1. The van der Waals surface area contributed by atoms with E-state index in [1.165, 1.54) is 17.1 Å². The third-order valence-corrected chi connectivity index (χ3v) is 3.82. The molecule has 1 aromatic carbocycles. The van der Waals surface area contributed by atoms with Gasteiger partial charge in [-0.3, -0.25) is 4.68 Å². The molecule has 21 heavy (non-hydrogen) atoms. The summed E-state index contributed by atoms with van der Waals surface area (Å²) in [4.78, 5) is 2.38. The highest BCUT2D eigenvalue weighted by atomic mass is 16.5. The molecule has 112 valence electrons. The zero-order chi connectivity index (χ0) is 14.5. The first-order chi connectivity index (χ1) is 10.4. The van der Waals surface area contributed by atoms with Crippen molar-refractivity contribution >= 4 is 11.4 Å². The van der Waals surface area contributed by atoms with Crippen molar-refractivity contribution in [1.29, 1.82) is 0 Å². The molecule has 0 atom stereocenters. The van der Waals surface area contributed by atoms with E-state index in [0.29, 0.717) is 0 Å². The minimum absolute atomic E-state index is 0.787. The number of hydrogen-bond donors (Lipinski definition) is 1. The summed E-state index contributed by atoms with van der Waals surface area (Å²) in [5, 5.41) is 7.85. The number of hydrogen-bond acceptors (Lipinski definition) is 4. The van der Waals surface area contributed by atoms with E-state index in [4.69, 9.17) is 4.74 Å². The van der Waals surface area contributed by atoms with E-state index in [1.807, 2.05) is 10.9 Å². The topological polar surface area (TPSA) is 42.3 Å². The van der Waals surface area contributed by atoms with Crippen LogP contribution >= 0.6 is 0 Å². The first-order valence-corrected chi connectivity index (χ1v) is 7.55. The number of aromatic nitrogens is 2. The van der Waals surface area contributed by atoms with E-state index >= 15 is 0 Å². The lowest BCUT2D eigenvalue weighted by Crippen LogP contribution is -2.36. The molecule has 1 N–H and O–H groups in total. The highest BCUT2D eigenvalue weighted by Gasteiger charge is 2.14. The first kappa shape index (κ1) is 13.9. The molecular formula is C16H22N4O. The Labute approximate surface area is 125 Å². The number of aryl methyl sites for hydroxylation is 1. The summed E-state index contributed by atoms with van der Waals surface area (Å²) < 4.78 is 7.45. The van der Waals surface area contributed by atoms with Crippen molar-refractivity contribution in [2.45, 2.75) is 20.0 Å². The number of anilines is 2. The second-order valence-electron chi connectivity index (χ2n) is 5.11. The van der Waals surface area contributed by atoms with Gasteiger partial charge in [0.15, 0.2) is 0 Å². The Bertz CT molecular complexity index is 575. The molecule has 1 aliphatic rings. The molecule has 0 unspecified atom stereocenters. The third kappa shape index (κ3) is 3.19. The highest BCUT2D eigenvalue weighted by molar-refractivity contribution is 5.70. The van der Waals surface area contributed by atoms with Crippen LogP contribution < -0.4 is 10.2 Å². The van der Waals surface area contributed by atoms with Gasteiger partial charge in [-0.2, -0.15) is 5.10 Å². The average molecular weight is 286 g/mol. The molecule has 0 spiro atoms. The Balaban J connectivity index is 1.73. The fourth-order valence-corrected chi connectivity index (χ4v) is 2.68. The van der Waals surface area contributed by atoms with Crippen LogP contribution in [0.1, 0.15) is 12.6 Å². The van der Waals surface area contributed by atoms with Gasteiger partial charge in [0.2, 0.25) is 0 Å². The van der Waals surface area contributed by atoms with E-state index in [9.17, 15) is 0 Å². The van der Waals surface area contributed by atoms with Crippen molar-refractivity contribution < 1.29 is 4.74 Å². The van der Waals surface area contributed by atoms with E-state index in [-0.39, 0.29) is 0 Å². The highest BCUT2D eigenvalue weighted by Crippen LogP contribution is 2.26. The standard InChI is InChI=1S/C16H22N4O/c1-2-20-14(7-8-18-20)13-17-15-5-3-4-6-16(15)19-9-11-21-12-10-19/h3-8,17H,2,9-13H2,1H3. The lowest BCUT2D eigenvalue weighted by Gasteiger charge is -2.30. The zero-order valence-corrected chi connectivity index (χ0v) is 12.5. The number of morpholine rings is 1. The zero-order valence-electron chi connectivity index (χ0n) is 12.5. The van der Waals surface area contributed by atoms with Gasteiger partial charge in [0, 0.05) is 25.8 Å². The molecule has 1 aromatic heterocycles. The fraction of sp³-hybridized carbons (Fsp3) is 0.438. The van der Waals surface area contributed by atoms with E-state index in [2.05, 4.69) is 52.6 Å². The summed E-state index contributed by atoms with van der Waals surface area (Å²) in [5.41, 5.74) is 3.63. The number of para-hydroxylation sites is 2. The minimum Gasteiger partial charge on any atom is -0.378 e. The molecule has 2 aromatic rings. The van der Waals surface area contributed by atoms with Crippen molar-refractivity contribution in [1.82, 2.24) is 9.78 Å². The predicted molar refractivity (Wildman–Crippen MR) is 84.7 cm³/mol. The third-order valence-electron chi connectivity index (χ3n) is 3.82. The van der Waals surface area contributed by atoms with Crippen molar-refractivity contribution in [3.05, 3.63) is 42.2 Å². The predicted octanol–water partition coefficient (Wildman–Crippen LogP) is 2.35. The van der Waals surface area contributed by atoms with Crippen LogP contribution in [0.2, 0.25) is 0 Å². The van der Waals surface area contributed by atoms with Gasteiger partial charge in [-0.05, 0) is 25.1 Å². The monoisotopic (exact) mass is 286 g/mol. The molecule has 3 rings (SSSR count). The van der Waals surface area contributed by atoms with Gasteiger partial charge in [-0.1, -0.05) is 12.1 Å². The van der Waals surface area contributed by atoms with Crippen molar-refractivity contribution in [2.24, 2.45) is 0 Å². The summed E-state index contributed by atoms with van der Waals surface area (Å²) in [7, 11) is 0. The van der Waals surface area contributed by atoms with Crippen LogP contribution in [-0.2, 0) is 17.8 Å². The van der Waals surface area contributed by atoms with Crippen LogP contribution in [0.5, 0.6) is 0 Å². The summed E-state index contributed by atoms with van der Waals surface area (Å²) in [5.74, 6) is 0. The van der Waals surface area contributed by atoms with Gasteiger partial charge >= 0.3 is 0 Å². The molecule has 1 saturated heterocycles. The quantitative estimate of drug-likeness (QED) is 0.916. The smallest absolute Gasteiger partial charge is 0.0642 e. The van der Waals surface area contributed by atoms with Gasteiger partial charge in [0.1, 0.15) is 0 Å². The normalized spacial score (nSPS) is 15.2. The SMILES string of the molecule is CCn1nccc1CNc1ccccc1N1CCOCC1. The van der Waals surface area contributed by atoms with Crippen LogP contribution in [0.15, 0.2) is 36.5 Å². The molecule has 0 bridgehead atoms. The summed E-state index contributed by atoms with van der Waals surface area (Å²) in [6.07, 6.45) is 1.86. The molecule has 0 saturated carbocycles. The second-order valence-corrected chi connectivity index (χ2v) is 5.11. The molecule has 5 nitrogen and oxygen atoms in total. The molecule has 0 amide bonds. The van der Waals surface area contributed by atoms with E-state index in [0.717, 1.165) is 39.4 Å². The minimum atomic E-state index is 0.787. The molecule has 1 fully saturated rings. The van der Waals surface area contributed by atoms with Crippen molar-refractivity contribution in [2.75, 3.05) is 36.5 Å². The van der Waals surface area contributed by atoms with Gasteiger partial charge in [-0.25, -0.2) is 0 Å². The fourth-order valence-electron chi connectivity index (χ4n) is 2.68. The lowest BCUT2D eigenvalue weighted by molar-refractivity contribution is 0.123. The number of nitrogens with zero attached hydrogens (tertiary/aromatic N) is 3. The average Bonchev–Trinajstić information content (AvgIpc) is 3.01. The molecule has 2 heterocycles. The Hall–Kier alpha value is -2.01. The summed E-state index contributed by atoms with van der Waals surface area (Å²) in [6, 6.07) is 10.5. The summed E-state index contributed by atoms with van der Waals surface area (Å²) in [6.45, 7) is 7.30. The van der Waals surface area contributed by atoms with Crippen LogP contribution in [0, 0.1) is 0 Å². The maximum absolute atomic E-state index is 5.44. The Morgan fingerprint density at radius 2 is 2.00 bits per heavy atom. The Kier molecular flexibility index (Phi) is 4.40. The van der Waals surface area contributed by atoms with Crippen LogP contribution in [0.3, 0.4) is 0 Å². The second kappa shape index (κ2) is 6.63. The number of ether oxygens (including phenoxy) is 1. The molecule has 1 aliphatic heterocycles.